The van der Waals surface area contributed by atoms with Crippen molar-refractivity contribution in [1.82, 2.24) is 9.97 Å². The Morgan fingerprint density at radius 2 is 2.20 bits per heavy atom. The molecule has 3 heterocycles. The summed E-state index contributed by atoms with van der Waals surface area (Å²) in [5.74, 6) is 0.623. The minimum absolute atomic E-state index is 0.0620. The third kappa shape index (κ3) is 3.00. The predicted molar refractivity (Wildman–Crippen MR) is 98.3 cm³/mol. The number of aromatic nitrogens is 2. The highest BCUT2D eigenvalue weighted by atomic mass is 32.1. The third-order valence-electron chi connectivity index (χ3n) is 4.03. The molecule has 0 aliphatic carbocycles. The number of carbonyl (C=O) groups excluding carboxylic acids is 1. The highest BCUT2D eigenvalue weighted by Gasteiger charge is 2.29. The van der Waals surface area contributed by atoms with Crippen LogP contribution in [0.15, 0.2) is 48.0 Å². The van der Waals surface area contributed by atoms with Crippen LogP contribution >= 0.6 is 11.3 Å². The highest BCUT2D eigenvalue weighted by molar-refractivity contribution is 7.13. The zero-order valence-corrected chi connectivity index (χ0v) is 14.8. The molecular formula is C19H17N3O2S. The fourth-order valence-electron chi connectivity index (χ4n) is 2.86. The number of thiazole rings is 1. The van der Waals surface area contributed by atoms with Gasteiger partial charge < -0.3 is 4.74 Å². The van der Waals surface area contributed by atoms with Gasteiger partial charge in [0.1, 0.15) is 22.6 Å². The monoisotopic (exact) mass is 351 g/mol. The van der Waals surface area contributed by atoms with Crippen molar-refractivity contribution in [3.05, 3.63) is 59.2 Å². The Kier molecular flexibility index (Phi) is 3.97. The topological polar surface area (TPSA) is 55.3 Å². The van der Waals surface area contributed by atoms with Gasteiger partial charge in [-0.05, 0) is 43.7 Å². The number of benzene rings is 1. The molecule has 25 heavy (non-hydrogen) atoms. The molecule has 2 aromatic heterocycles. The zero-order valence-electron chi connectivity index (χ0n) is 14.0. The summed E-state index contributed by atoms with van der Waals surface area (Å²) >= 11 is 1.43. The maximum atomic E-state index is 13.1. The molecule has 0 N–H and O–H groups in total. The average Bonchev–Trinajstić information content (AvgIpc) is 3.12. The second kappa shape index (κ2) is 6.29. The lowest BCUT2D eigenvalue weighted by atomic mass is 10.1. The lowest BCUT2D eigenvalue weighted by molar-refractivity contribution is 0.0957. The van der Waals surface area contributed by atoms with Crippen LogP contribution in [0.25, 0.3) is 10.7 Å². The van der Waals surface area contributed by atoms with Gasteiger partial charge in [0, 0.05) is 11.6 Å². The first-order valence-corrected chi connectivity index (χ1v) is 8.96. The number of aryl methyl sites for hydroxylation is 1. The van der Waals surface area contributed by atoms with Gasteiger partial charge in [-0.15, -0.1) is 11.3 Å². The Morgan fingerprint density at radius 1 is 1.32 bits per heavy atom. The largest absolute Gasteiger partial charge is 0.487 e. The normalized spacial score (nSPS) is 16.2. The molecule has 0 saturated heterocycles. The maximum Gasteiger partial charge on any atom is 0.278 e. The van der Waals surface area contributed by atoms with Crippen molar-refractivity contribution < 1.29 is 9.53 Å². The van der Waals surface area contributed by atoms with E-state index in [1.807, 2.05) is 50.2 Å². The minimum Gasteiger partial charge on any atom is -0.487 e. The molecule has 0 fully saturated rings. The van der Waals surface area contributed by atoms with Gasteiger partial charge in [-0.2, -0.15) is 0 Å². The van der Waals surface area contributed by atoms with Crippen molar-refractivity contribution in [3.8, 4) is 16.5 Å². The Balaban J connectivity index is 1.68. The molecule has 6 heteroatoms. The fraction of sp³-hybridized carbons (Fsp3) is 0.211. The van der Waals surface area contributed by atoms with E-state index in [1.54, 1.807) is 16.5 Å². The first-order chi connectivity index (χ1) is 12.1. The van der Waals surface area contributed by atoms with E-state index >= 15 is 0 Å². The van der Waals surface area contributed by atoms with Crippen molar-refractivity contribution >= 4 is 22.9 Å². The average molecular weight is 351 g/mol. The molecule has 126 valence electrons. The van der Waals surface area contributed by atoms with Gasteiger partial charge in [-0.1, -0.05) is 12.1 Å². The first kappa shape index (κ1) is 15.8. The maximum absolute atomic E-state index is 13.1. The third-order valence-corrected chi connectivity index (χ3v) is 4.89. The van der Waals surface area contributed by atoms with Gasteiger partial charge in [-0.25, -0.2) is 4.98 Å². The standard InChI is InChI=1S/C19H17N3O2S/c1-12-6-7-17-16(9-12)22(10-13(2)24-17)19(23)15-11-25-18(21-15)14-5-3-4-8-20-14/h3-9,11,13H,10H2,1-2H3/t13-/m0/s1. The second-order valence-corrected chi connectivity index (χ2v) is 6.93. The molecule has 1 atom stereocenters. The molecule has 1 amide bonds. The molecule has 0 saturated carbocycles. The summed E-state index contributed by atoms with van der Waals surface area (Å²) < 4.78 is 5.86. The lowest BCUT2D eigenvalue weighted by Gasteiger charge is -2.33. The van der Waals surface area contributed by atoms with Crippen LogP contribution in [0.2, 0.25) is 0 Å². The molecular weight excluding hydrogens is 334 g/mol. The van der Waals surface area contributed by atoms with Crippen LogP contribution in [0.3, 0.4) is 0 Å². The van der Waals surface area contributed by atoms with Crippen molar-refractivity contribution in [2.45, 2.75) is 20.0 Å². The number of ether oxygens (including phenoxy) is 1. The van der Waals surface area contributed by atoms with E-state index in [0.29, 0.717) is 12.2 Å². The highest BCUT2D eigenvalue weighted by Crippen LogP contribution is 2.35. The number of nitrogens with zero attached hydrogens (tertiary/aromatic N) is 3. The Morgan fingerprint density at radius 3 is 3.00 bits per heavy atom. The second-order valence-electron chi connectivity index (χ2n) is 6.07. The Labute approximate surface area is 149 Å². The molecule has 4 rings (SSSR count). The van der Waals surface area contributed by atoms with Crippen LogP contribution < -0.4 is 9.64 Å². The van der Waals surface area contributed by atoms with Crippen LogP contribution in [0.5, 0.6) is 5.75 Å². The van der Waals surface area contributed by atoms with Gasteiger partial charge >= 0.3 is 0 Å². The predicted octanol–water partition coefficient (Wildman–Crippen LogP) is 3.94. The fourth-order valence-corrected chi connectivity index (χ4v) is 3.63. The Hall–Kier alpha value is -2.73. The van der Waals surface area contributed by atoms with Gasteiger partial charge in [0.05, 0.1) is 17.9 Å². The summed E-state index contributed by atoms with van der Waals surface area (Å²) in [6.07, 6.45) is 1.66. The number of carbonyl (C=O) groups is 1. The molecule has 0 spiro atoms. The molecule has 1 aromatic carbocycles. The van der Waals surface area contributed by atoms with Crippen molar-refractivity contribution in [1.29, 1.82) is 0 Å². The summed E-state index contributed by atoms with van der Waals surface area (Å²) in [4.78, 5) is 23.6. The van der Waals surface area contributed by atoms with Gasteiger partial charge in [0.25, 0.3) is 5.91 Å². The van der Waals surface area contributed by atoms with Gasteiger partial charge in [0.15, 0.2) is 0 Å². The van der Waals surface area contributed by atoms with Crippen LogP contribution in [0.4, 0.5) is 5.69 Å². The smallest absolute Gasteiger partial charge is 0.278 e. The Bertz CT molecular complexity index is 923. The summed E-state index contributed by atoms with van der Waals surface area (Å²) in [5.41, 5.74) is 3.10. The number of anilines is 1. The van der Waals surface area contributed by atoms with Gasteiger partial charge in [0.2, 0.25) is 0 Å². The van der Waals surface area contributed by atoms with Crippen LogP contribution in [0, 0.1) is 6.92 Å². The van der Waals surface area contributed by atoms with Crippen LogP contribution in [0.1, 0.15) is 23.0 Å². The molecule has 0 bridgehead atoms. The summed E-state index contributed by atoms with van der Waals surface area (Å²) in [7, 11) is 0. The van der Waals surface area contributed by atoms with Gasteiger partial charge in [-0.3, -0.25) is 14.7 Å². The van der Waals surface area contributed by atoms with E-state index in [0.717, 1.165) is 27.7 Å². The lowest BCUT2D eigenvalue weighted by Crippen LogP contribution is -2.42. The molecule has 0 radical (unpaired) electrons. The molecule has 1 aliphatic rings. The minimum atomic E-state index is -0.111. The van der Waals surface area contributed by atoms with E-state index in [1.165, 1.54) is 11.3 Å². The summed E-state index contributed by atoms with van der Waals surface area (Å²) in [6.45, 7) is 4.47. The molecule has 3 aromatic rings. The number of pyridine rings is 1. The SMILES string of the molecule is Cc1ccc2c(c1)N(C(=O)c1csc(-c3ccccn3)n1)C[C@H](C)O2. The van der Waals surface area contributed by atoms with E-state index < -0.39 is 0 Å². The number of fused-ring (bicyclic) bond motifs is 1. The molecule has 5 nitrogen and oxygen atoms in total. The quantitative estimate of drug-likeness (QED) is 0.702. The van der Waals surface area contributed by atoms with E-state index in [2.05, 4.69) is 9.97 Å². The van der Waals surface area contributed by atoms with E-state index in [9.17, 15) is 4.79 Å². The summed E-state index contributed by atoms with van der Waals surface area (Å²) in [6, 6.07) is 11.5. The number of amides is 1. The first-order valence-electron chi connectivity index (χ1n) is 8.08. The molecule has 0 unspecified atom stereocenters. The number of hydrogen-bond acceptors (Lipinski definition) is 5. The molecule has 1 aliphatic heterocycles. The van der Waals surface area contributed by atoms with E-state index in [4.69, 9.17) is 4.74 Å². The van der Waals surface area contributed by atoms with Crippen LogP contribution in [-0.4, -0.2) is 28.5 Å². The zero-order chi connectivity index (χ0) is 17.4. The summed E-state index contributed by atoms with van der Waals surface area (Å²) in [5, 5.41) is 2.54. The van der Waals surface area contributed by atoms with Crippen LogP contribution in [-0.2, 0) is 0 Å². The van der Waals surface area contributed by atoms with Crippen molar-refractivity contribution in [3.63, 3.8) is 0 Å². The number of hydrogen-bond donors (Lipinski definition) is 0. The number of rotatable bonds is 2. The van der Waals surface area contributed by atoms with Crippen molar-refractivity contribution in [2.75, 3.05) is 11.4 Å². The van der Waals surface area contributed by atoms with Crippen molar-refractivity contribution in [2.24, 2.45) is 0 Å². The van der Waals surface area contributed by atoms with E-state index in [-0.39, 0.29) is 12.0 Å².